The molecule has 1 aliphatic rings. The van der Waals surface area contributed by atoms with Crippen LogP contribution in [0.4, 0.5) is 4.39 Å². The highest BCUT2D eigenvalue weighted by molar-refractivity contribution is 6.00. The van der Waals surface area contributed by atoms with E-state index in [0.29, 0.717) is 43.0 Å². The van der Waals surface area contributed by atoms with Crippen molar-refractivity contribution in [1.29, 1.82) is 0 Å². The van der Waals surface area contributed by atoms with Gasteiger partial charge in [-0.3, -0.25) is 9.59 Å². The summed E-state index contributed by atoms with van der Waals surface area (Å²) in [6.45, 7) is 11.4. The van der Waals surface area contributed by atoms with Gasteiger partial charge in [-0.2, -0.15) is 0 Å². The number of benzene rings is 1. The Bertz CT molecular complexity index is 1260. The summed E-state index contributed by atoms with van der Waals surface area (Å²) in [5.41, 5.74) is 2.09. The van der Waals surface area contributed by atoms with E-state index in [1.54, 1.807) is 49.0 Å². The fourth-order valence-corrected chi connectivity index (χ4v) is 4.46. The number of carbonyl (C=O) groups excluding carboxylic acids is 2. The van der Waals surface area contributed by atoms with Gasteiger partial charge < -0.3 is 19.0 Å². The fourth-order valence-electron chi connectivity index (χ4n) is 4.46. The number of rotatable bonds is 5. The van der Waals surface area contributed by atoms with Crippen LogP contribution < -0.4 is 0 Å². The molecule has 0 aliphatic carbocycles. The number of hydrogen-bond donors (Lipinski definition) is 0. The number of pyridine rings is 1. The molecule has 2 amide bonds. The molecule has 0 atom stereocenters. The SMILES string of the molecule is COCCN1CCN(C(=O)c2cc3nc(-c4ccc(F)cc4)cc(C(C)(C)C)c3o2)C(C)(C)C1=O. The summed E-state index contributed by atoms with van der Waals surface area (Å²) >= 11 is 0. The molecule has 35 heavy (non-hydrogen) atoms. The molecule has 1 fully saturated rings. The van der Waals surface area contributed by atoms with Crippen molar-refractivity contribution in [3.63, 3.8) is 0 Å². The largest absolute Gasteiger partial charge is 0.449 e. The maximum absolute atomic E-state index is 13.6. The van der Waals surface area contributed by atoms with Crippen LogP contribution in [-0.2, 0) is 14.9 Å². The van der Waals surface area contributed by atoms with Crippen molar-refractivity contribution >= 4 is 22.9 Å². The van der Waals surface area contributed by atoms with E-state index in [1.165, 1.54) is 12.1 Å². The monoisotopic (exact) mass is 481 g/mol. The van der Waals surface area contributed by atoms with Gasteiger partial charge in [0.15, 0.2) is 11.3 Å². The van der Waals surface area contributed by atoms with Crippen molar-refractivity contribution in [1.82, 2.24) is 14.8 Å². The molecule has 1 aliphatic heterocycles. The smallest absolute Gasteiger partial charge is 0.290 e. The van der Waals surface area contributed by atoms with Crippen LogP contribution in [0.2, 0.25) is 0 Å². The summed E-state index contributed by atoms with van der Waals surface area (Å²) in [5, 5.41) is 0. The van der Waals surface area contributed by atoms with Crippen LogP contribution in [-0.4, -0.2) is 65.5 Å². The standard InChI is InChI=1S/C27H32FN3O4/c1-26(2,3)19-15-20(17-7-9-18(28)10-8-17)29-21-16-22(35-23(19)21)24(32)31-12-11-30(13-14-34-6)25(33)27(31,4)5/h7-10,15-16H,11-14H2,1-6H3. The molecule has 0 radical (unpaired) electrons. The first-order chi connectivity index (χ1) is 16.4. The van der Waals surface area contributed by atoms with E-state index in [1.807, 2.05) is 6.07 Å². The second kappa shape index (κ2) is 9.07. The van der Waals surface area contributed by atoms with E-state index in [4.69, 9.17) is 14.1 Å². The lowest BCUT2D eigenvalue weighted by Crippen LogP contribution is -2.64. The summed E-state index contributed by atoms with van der Waals surface area (Å²) in [7, 11) is 1.60. The second-order valence-electron chi connectivity index (χ2n) is 10.4. The average Bonchev–Trinajstić information content (AvgIpc) is 3.23. The van der Waals surface area contributed by atoms with E-state index in [2.05, 4.69) is 20.8 Å². The number of fused-ring (bicyclic) bond motifs is 1. The average molecular weight is 482 g/mol. The molecule has 1 aromatic carbocycles. The first kappa shape index (κ1) is 24.9. The Hall–Kier alpha value is -3.26. The number of ether oxygens (including phenoxy) is 1. The van der Waals surface area contributed by atoms with Crippen LogP contribution >= 0.6 is 0 Å². The second-order valence-corrected chi connectivity index (χ2v) is 10.4. The van der Waals surface area contributed by atoms with Crippen LogP contribution in [0.15, 0.2) is 40.8 Å². The maximum Gasteiger partial charge on any atom is 0.290 e. The van der Waals surface area contributed by atoms with Gasteiger partial charge in [0.2, 0.25) is 5.91 Å². The van der Waals surface area contributed by atoms with E-state index in [9.17, 15) is 14.0 Å². The van der Waals surface area contributed by atoms with Crippen LogP contribution in [0.5, 0.6) is 0 Å². The Kier molecular flexibility index (Phi) is 6.44. The molecule has 0 saturated carbocycles. The number of methoxy groups -OCH3 is 1. The molecular formula is C27H32FN3O4. The molecule has 4 rings (SSSR count). The Morgan fingerprint density at radius 3 is 2.49 bits per heavy atom. The highest BCUT2D eigenvalue weighted by Crippen LogP contribution is 2.35. The number of carbonyl (C=O) groups is 2. The van der Waals surface area contributed by atoms with Gasteiger partial charge in [-0.05, 0) is 49.6 Å². The topological polar surface area (TPSA) is 75.9 Å². The molecule has 0 bridgehead atoms. The highest BCUT2D eigenvalue weighted by Gasteiger charge is 2.45. The molecule has 3 aromatic rings. The lowest BCUT2D eigenvalue weighted by atomic mass is 9.86. The van der Waals surface area contributed by atoms with Gasteiger partial charge in [-0.15, -0.1) is 0 Å². The minimum atomic E-state index is -1.03. The number of aromatic nitrogens is 1. The van der Waals surface area contributed by atoms with Crippen LogP contribution in [0.3, 0.4) is 0 Å². The Morgan fingerprint density at radius 1 is 1.17 bits per heavy atom. The third-order valence-electron chi connectivity index (χ3n) is 6.53. The molecular weight excluding hydrogens is 449 g/mol. The number of furan rings is 1. The zero-order valence-electron chi connectivity index (χ0n) is 21.1. The maximum atomic E-state index is 13.6. The van der Waals surface area contributed by atoms with Crippen molar-refractivity contribution in [2.24, 2.45) is 0 Å². The lowest BCUT2D eigenvalue weighted by Gasteiger charge is -2.45. The zero-order valence-corrected chi connectivity index (χ0v) is 21.1. The van der Waals surface area contributed by atoms with Crippen LogP contribution in [0, 0.1) is 5.82 Å². The minimum Gasteiger partial charge on any atom is -0.449 e. The van der Waals surface area contributed by atoms with Gasteiger partial charge in [0.1, 0.15) is 16.9 Å². The molecule has 2 aromatic heterocycles. The number of halogens is 1. The van der Waals surface area contributed by atoms with Crippen molar-refractivity contribution in [3.8, 4) is 11.3 Å². The van der Waals surface area contributed by atoms with Gasteiger partial charge in [0, 0.05) is 43.9 Å². The van der Waals surface area contributed by atoms with E-state index in [-0.39, 0.29) is 28.8 Å². The third-order valence-corrected chi connectivity index (χ3v) is 6.53. The summed E-state index contributed by atoms with van der Waals surface area (Å²) in [6.07, 6.45) is 0. The summed E-state index contributed by atoms with van der Waals surface area (Å²) in [6, 6.07) is 9.72. The molecule has 8 heteroatoms. The number of nitrogens with zero attached hydrogens (tertiary/aromatic N) is 3. The fraction of sp³-hybridized carbons (Fsp3) is 0.444. The summed E-state index contributed by atoms with van der Waals surface area (Å²) in [4.78, 5) is 34.7. The molecule has 0 N–H and O–H groups in total. The van der Waals surface area contributed by atoms with Gasteiger partial charge in [0.05, 0.1) is 12.3 Å². The molecule has 3 heterocycles. The number of hydrogen-bond acceptors (Lipinski definition) is 5. The number of piperazine rings is 1. The quantitative estimate of drug-likeness (QED) is 0.531. The Morgan fingerprint density at radius 2 is 1.86 bits per heavy atom. The first-order valence-electron chi connectivity index (χ1n) is 11.7. The predicted octanol–water partition coefficient (Wildman–Crippen LogP) is 4.64. The van der Waals surface area contributed by atoms with Gasteiger partial charge in [-0.25, -0.2) is 9.37 Å². The van der Waals surface area contributed by atoms with Crippen LogP contribution in [0.1, 0.15) is 50.7 Å². The number of amides is 2. The Labute approximate surface area is 204 Å². The van der Waals surface area contributed by atoms with Crippen LogP contribution in [0.25, 0.3) is 22.4 Å². The normalized spacial score (nSPS) is 16.3. The van der Waals surface area contributed by atoms with E-state index < -0.39 is 5.54 Å². The van der Waals surface area contributed by atoms with E-state index in [0.717, 1.165) is 11.1 Å². The van der Waals surface area contributed by atoms with Gasteiger partial charge in [-0.1, -0.05) is 20.8 Å². The lowest BCUT2D eigenvalue weighted by molar-refractivity contribution is -0.147. The summed E-state index contributed by atoms with van der Waals surface area (Å²) < 4.78 is 24.7. The van der Waals surface area contributed by atoms with Crippen molar-refractivity contribution in [3.05, 3.63) is 53.5 Å². The highest BCUT2D eigenvalue weighted by atomic mass is 19.1. The predicted molar refractivity (Wildman–Crippen MR) is 132 cm³/mol. The first-order valence-corrected chi connectivity index (χ1v) is 11.7. The summed E-state index contributed by atoms with van der Waals surface area (Å²) in [5.74, 6) is -0.657. The molecule has 0 unspecified atom stereocenters. The molecule has 7 nitrogen and oxygen atoms in total. The zero-order chi connectivity index (χ0) is 25.5. The van der Waals surface area contributed by atoms with Gasteiger partial charge >= 0.3 is 0 Å². The van der Waals surface area contributed by atoms with Crippen molar-refractivity contribution in [2.45, 2.75) is 45.6 Å². The van der Waals surface area contributed by atoms with E-state index >= 15 is 0 Å². The van der Waals surface area contributed by atoms with Crippen molar-refractivity contribution in [2.75, 3.05) is 33.4 Å². The molecule has 186 valence electrons. The Balaban J connectivity index is 1.73. The van der Waals surface area contributed by atoms with Crippen molar-refractivity contribution < 1.29 is 23.1 Å². The molecule has 0 spiro atoms. The minimum absolute atomic E-state index is 0.127. The molecule has 1 saturated heterocycles. The van der Waals surface area contributed by atoms with Gasteiger partial charge in [0.25, 0.3) is 5.91 Å². The third kappa shape index (κ3) is 4.67.